The summed E-state index contributed by atoms with van der Waals surface area (Å²) in [5, 5.41) is 3.45. The van der Waals surface area contributed by atoms with Crippen LogP contribution in [0.25, 0.3) is 0 Å². The van der Waals surface area contributed by atoms with Crippen LogP contribution >= 0.6 is 0 Å². The van der Waals surface area contributed by atoms with Crippen molar-refractivity contribution in [3.63, 3.8) is 0 Å². The van der Waals surface area contributed by atoms with Crippen LogP contribution in [0.4, 0.5) is 5.82 Å². The van der Waals surface area contributed by atoms with E-state index in [0.29, 0.717) is 6.04 Å². The lowest BCUT2D eigenvalue weighted by Crippen LogP contribution is -2.34. The maximum absolute atomic E-state index is 4.54. The summed E-state index contributed by atoms with van der Waals surface area (Å²) >= 11 is 0. The fourth-order valence-electron chi connectivity index (χ4n) is 2.83. The van der Waals surface area contributed by atoms with Gasteiger partial charge in [-0.05, 0) is 43.5 Å². The van der Waals surface area contributed by atoms with E-state index in [1.165, 1.54) is 44.1 Å². The summed E-state index contributed by atoms with van der Waals surface area (Å²) in [5.41, 5.74) is 1.33. The van der Waals surface area contributed by atoms with E-state index in [-0.39, 0.29) is 0 Å². The van der Waals surface area contributed by atoms with Gasteiger partial charge in [-0.15, -0.1) is 0 Å². The quantitative estimate of drug-likeness (QED) is 0.796. The molecule has 1 aromatic heterocycles. The van der Waals surface area contributed by atoms with Gasteiger partial charge in [0.05, 0.1) is 0 Å². The molecule has 19 heavy (non-hydrogen) atoms. The highest BCUT2D eigenvalue weighted by Gasteiger charge is 2.19. The van der Waals surface area contributed by atoms with Crippen molar-refractivity contribution in [2.45, 2.75) is 58.0 Å². The van der Waals surface area contributed by atoms with Gasteiger partial charge in [-0.25, -0.2) is 4.98 Å². The summed E-state index contributed by atoms with van der Waals surface area (Å²) < 4.78 is 0. The topological polar surface area (TPSA) is 28.2 Å². The van der Waals surface area contributed by atoms with E-state index >= 15 is 0 Å². The number of pyridine rings is 1. The number of rotatable bonds is 6. The third-order valence-corrected chi connectivity index (χ3v) is 4.05. The summed E-state index contributed by atoms with van der Waals surface area (Å²) in [6.45, 7) is 4.22. The second kappa shape index (κ2) is 7.49. The van der Waals surface area contributed by atoms with Gasteiger partial charge in [0, 0.05) is 25.8 Å². The average molecular weight is 261 g/mol. The molecule has 1 heterocycles. The molecule has 1 fully saturated rings. The predicted molar refractivity (Wildman–Crippen MR) is 81.5 cm³/mol. The summed E-state index contributed by atoms with van der Waals surface area (Å²) in [4.78, 5) is 6.92. The molecular formula is C16H27N3. The van der Waals surface area contributed by atoms with Crippen LogP contribution in [0.5, 0.6) is 0 Å². The molecular weight excluding hydrogens is 234 g/mol. The molecule has 0 radical (unpaired) electrons. The van der Waals surface area contributed by atoms with E-state index in [4.69, 9.17) is 0 Å². The molecule has 1 aliphatic carbocycles. The van der Waals surface area contributed by atoms with Crippen LogP contribution in [0.2, 0.25) is 0 Å². The van der Waals surface area contributed by atoms with Crippen molar-refractivity contribution in [2.24, 2.45) is 0 Å². The molecule has 1 aromatic rings. The van der Waals surface area contributed by atoms with Gasteiger partial charge in [0.1, 0.15) is 5.82 Å². The standard InChI is InChI=1S/C16H27N3/c1-3-10-17-13-14-9-11-18-16(12-14)19(2)15-7-5-4-6-8-15/h9,11-12,15,17H,3-8,10,13H2,1-2H3. The van der Waals surface area contributed by atoms with Gasteiger partial charge in [0.2, 0.25) is 0 Å². The first-order chi connectivity index (χ1) is 9.31. The fourth-order valence-corrected chi connectivity index (χ4v) is 2.83. The summed E-state index contributed by atoms with van der Waals surface area (Å²) in [7, 11) is 2.20. The van der Waals surface area contributed by atoms with E-state index in [0.717, 1.165) is 18.9 Å². The molecule has 0 spiro atoms. The molecule has 0 aliphatic heterocycles. The lowest BCUT2D eigenvalue weighted by atomic mass is 9.94. The number of aromatic nitrogens is 1. The fraction of sp³-hybridized carbons (Fsp3) is 0.688. The third-order valence-electron chi connectivity index (χ3n) is 4.05. The Morgan fingerprint density at radius 3 is 2.84 bits per heavy atom. The van der Waals surface area contributed by atoms with Crippen LogP contribution in [0.3, 0.4) is 0 Å². The first-order valence-electron chi connectivity index (χ1n) is 7.69. The Morgan fingerprint density at radius 2 is 2.11 bits per heavy atom. The average Bonchev–Trinajstić information content (AvgIpc) is 2.48. The van der Waals surface area contributed by atoms with Gasteiger partial charge >= 0.3 is 0 Å². The maximum Gasteiger partial charge on any atom is 0.128 e. The molecule has 0 unspecified atom stereocenters. The van der Waals surface area contributed by atoms with Gasteiger partial charge in [-0.3, -0.25) is 0 Å². The van der Waals surface area contributed by atoms with E-state index < -0.39 is 0 Å². The van der Waals surface area contributed by atoms with Gasteiger partial charge in [0.25, 0.3) is 0 Å². The Hall–Kier alpha value is -1.09. The van der Waals surface area contributed by atoms with Crippen molar-refractivity contribution in [3.05, 3.63) is 23.9 Å². The first kappa shape index (κ1) is 14.3. The molecule has 1 N–H and O–H groups in total. The monoisotopic (exact) mass is 261 g/mol. The Bertz CT molecular complexity index is 372. The van der Waals surface area contributed by atoms with Gasteiger partial charge in [-0.2, -0.15) is 0 Å². The van der Waals surface area contributed by atoms with E-state index in [2.05, 4.69) is 41.3 Å². The number of hydrogen-bond donors (Lipinski definition) is 1. The van der Waals surface area contributed by atoms with Crippen LogP contribution in [-0.4, -0.2) is 24.6 Å². The second-order valence-electron chi connectivity index (χ2n) is 5.60. The number of hydrogen-bond acceptors (Lipinski definition) is 3. The number of nitrogens with zero attached hydrogens (tertiary/aromatic N) is 2. The first-order valence-corrected chi connectivity index (χ1v) is 7.69. The Kier molecular flexibility index (Phi) is 5.64. The highest BCUT2D eigenvalue weighted by molar-refractivity contribution is 5.41. The van der Waals surface area contributed by atoms with Gasteiger partial charge in [-0.1, -0.05) is 26.2 Å². The van der Waals surface area contributed by atoms with E-state index in [1.54, 1.807) is 0 Å². The molecule has 2 rings (SSSR count). The smallest absolute Gasteiger partial charge is 0.128 e. The molecule has 1 saturated carbocycles. The third kappa shape index (κ3) is 4.20. The molecule has 3 heteroatoms. The van der Waals surface area contributed by atoms with Crippen molar-refractivity contribution in [1.29, 1.82) is 0 Å². The molecule has 3 nitrogen and oxygen atoms in total. The highest BCUT2D eigenvalue weighted by Crippen LogP contribution is 2.25. The SMILES string of the molecule is CCCNCc1ccnc(N(C)C2CCCCC2)c1. The lowest BCUT2D eigenvalue weighted by Gasteiger charge is -2.32. The number of anilines is 1. The van der Waals surface area contributed by atoms with Crippen molar-refractivity contribution in [2.75, 3.05) is 18.5 Å². The zero-order valence-electron chi connectivity index (χ0n) is 12.4. The Labute approximate surface area is 117 Å². The van der Waals surface area contributed by atoms with Crippen molar-refractivity contribution in [3.8, 4) is 0 Å². The van der Waals surface area contributed by atoms with Crippen molar-refractivity contribution in [1.82, 2.24) is 10.3 Å². The van der Waals surface area contributed by atoms with Crippen LogP contribution in [-0.2, 0) is 6.54 Å². The highest BCUT2D eigenvalue weighted by atomic mass is 15.2. The van der Waals surface area contributed by atoms with Crippen LogP contribution in [0.1, 0.15) is 51.0 Å². The number of nitrogens with one attached hydrogen (secondary N) is 1. The maximum atomic E-state index is 4.54. The lowest BCUT2D eigenvalue weighted by molar-refractivity contribution is 0.426. The molecule has 0 saturated heterocycles. The second-order valence-corrected chi connectivity index (χ2v) is 5.60. The molecule has 0 aromatic carbocycles. The molecule has 1 aliphatic rings. The largest absolute Gasteiger partial charge is 0.357 e. The van der Waals surface area contributed by atoms with E-state index in [1.807, 2.05) is 6.20 Å². The molecule has 0 atom stereocenters. The summed E-state index contributed by atoms with van der Waals surface area (Å²) in [6, 6.07) is 5.03. The zero-order chi connectivity index (χ0) is 13.5. The van der Waals surface area contributed by atoms with Gasteiger partial charge in [0.15, 0.2) is 0 Å². The summed E-state index contributed by atoms with van der Waals surface area (Å²) in [5.74, 6) is 1.13. The zero-order valence-corrected chi connectivity index (χ0v) is 12.4. The molecule has 106 valence electrons. The minimum Gasteiger partial charge on any atom is -0.357 e. The van der Waals surface area contributed by atoms with Crippen LogP contribution < -0.4 is 10.2 Å². The predicted octanol–water partition coefficient (Wildman–Crippen LogP) is 3.35. The Morgan fingerprint density at radius 1 is 1.32 bits per heavy atom. The Balaban J connectivity index is 1.96. The summed E-state index contributed by atoms with van der Waals surface area (Å²) in [6.07, 6.45) is 9.89. The minimum atomic E-state index is 0.681. The van der Waals surface area contributed by atoms with Gasteiger partial charge < -0.3 is 10.2 Å². The van der Waals surface area contributed by atoms with Crippen molar-refractivity contribution < 1.29 is 0 Å². The van der Waals surface area contributed by atoms with Crippen molar-refractivity contribution >= 4 is 5.82 Å². The van der Waals surface area contributed by atoms with E-state index in [9.17, 15) is 0 Å². The van der Waals surface area contributed by atoms with Crippen LogP contribution in [0.15, 0.2) is 18.3 Å². The molecule has 0 bridgehead atoms. The van der Waals surface area contributed by atoms with Crippen LogP contribution in [0, 0.1) is 0 Å². The molecule has 0 amide bonds. The minimum absolute atomic E-state index is 0.681. The normalized spacial score (nSPS) is 16.5.